The van der Waals surface area contributed by atoms with Crippen molar-refractivity contribution in [2.45, 2.75) is 39.4 Å². The molecular formula is C24H31FN4O2. The zero-order valence-corrected chi connectivity index (χ0v) is 18.4. The molecule has 0 aromatic heterocycles. The predicted octanol–water partition coefficient (Wildman–Crippen LogP) is 3.75. The van der Waals surface area contributed by atoms with E-state index in [1.165, 1.54) is 19.1 Å². The first-order valence-electron chi connectivity index (χ1n) is 10.7. The Balaban J connectivity index is 1.64. The molecule has 1 amide bonds. The number of morpholine rings is 1. The molecule has 0 radical (unpaired) electrons. The van der Waals surface area contributed by atoms with Crippen LogP contribution in [0, 0.1) is 5.82 Å². The van der Waals surface area contributed by atoms with Crippen LogP contribution in [-0.2, 0) is 16.0 Å². The third kappa shape index (κ3) is 6.79. The molecule has 1 heterocycles. The number of anilines is 1. The minimum absolute atomic E-state index is 0.0361. The number of aliphatic imine (C=N–C) groups is 1. The van der Waals surface area contributed by atoms with Crippen LogP contribution in [0.2, 0.25) is 0 Å². The van der Waals surface area contributed by atoms with Gasteiger partial charge in [0, 0.05) is 32.2 Å². The highest BCUT2D eigenvalue weighted by Crippen LogP contribution is 2.25. The molecule has 2 unspecified atom stereocenters. The summed E-state index contributed by atoms with van der Waals surface area (Å²) in [6.07, 6.45) is 0.708. The Morgan fingerprint density at radius 1 is 1.16 bits per heavy atom. The molecule has 7 heteroatoms. The monoisotopic (exact) mass is 426 g/mol. The van der Waals surface area contributed by atoms with E-state index in [2.05, 4.69) is 22.5 Å². The van der Waals surface area contributed by atoms with E-state index in [9.17, 15) is 9.18 Å². The molecule has 2 aromatic carbocycles. The van der Waals surface area contributed by atoms with Crippen molar-refractivity contribution in [2.24, 2.45) is 4.99 Å². The van der Waals surface area contributed by atoms with Gasteiger partial charge in [-0.25, -0.2) is 4.39 Å². The van der Waals surface area contributed by atoms with Gasteiger partial charge in [0.1, 0.15) is 11.9 Å². The number of benzene rings is 2. The lowest BCUT2D eigenvalue weighted by Crippen LogP contribution is -2.50. The summed E-state index contributed by atoms with van der Waals surface area (Å²) < 4.78 is 19.4. The van der Waals surface area contributed by atoms with Crippen molar-refractivity contribution < 1.29 is 13.9 Å². The Morgan fingerprint density at radius 3 is 2.52 bits per heavy atom. The van der Waals surface area contributed by atoms with Crippen LogP contribution in [0.15, 0.2) is 53.5 Å². The third-order valence-electron chi connectivity index (χ3n) is 5.07. The Morgan fingerprint density at radius 2 is 1.87 bits per heavy atom. The van der Waals surface area contributed by atoms with Crippen molar-refractivity contribution in [2.75, 3.05) is 31.5 Å². The zero-order valence-electron chi connectivity index (χ0n) is 18.4. The molecule has 1 fully saturated rings. The number of hydrogen-bond donors (Lipinski definition) is 2. The molecule has 0 aliphatic carbocycles. The van der Waals surface area contributed by atoms with Gasteiger partial charge in [-0.1, -0.05) is 24.3 Å². The van der Waals surface area contributed by atoms with Crippen molar-refractivity contribution in [3.05, 3.63) is 65.5 Å². The molecule has 1 saturated heterocycles. The second-order valence-corrected chi connectivity index (χ2v) is 7.76. The number of nitrogens with zero attached hydrogens (tertiary/aromatic N) is 2. The summed E-state index contributed by atoms with van der Waals surface area (Å²) in [6, 6.07) is 14.3. The highest BCUT2D eigenvalue weighted by atomic mass is 19.1. The van der Waals surface area contributed by atoms with Gasteiger partial charge in [-0.05, 0) is 55.7 Å². The number of amides is 1. The molecule has 1 aliphatic rings. The fourth-order valence-corrected chi connectivity index (χ4v) is 3.66. The first-order chi connectivity index (χ1) is 14.9. The van der Waals surface area contributed by atoms with Crippen LogP contribution in [-0.4, -0.2) is 49.0 Å². The van der Waals surface area contributed by atoms with Crippen molar-refractivity contribution in [1.82, 2.24) is 10.2 Å². The molecule has 31 heavy (non-hydrogen) atoms. The standard InChI is InChI=1S/C24H31FN4O2/c1-4-26-24(27-14-13-19-5-11-22(12-6-19)28-18(3)30)29-15-17(2)31-23(16-29)20-7-9-21(25)10-8-20/h5-12,17,23H,4,13-16H2,1-3H3,(H,26,27)(H,28,30). The molecule has 6 nitrogen and oxygen atoms in total. The van der Waals surface area contributed by atoms with E-state index in [1.54, 1.807) is 12.1 Å². The maximum absolute atomic E-state index is 13.3. The topological polar surface area (TPSA) is 66.0 Å². The average molecular weight is 427 g/mol. The molecular weight excluding hydrogens is 395 g/mol. The van der Waals surface area contributed by atoms with Gasteiger partial charge in [0.05, 0.1) is 12.6 Å². The largest absolute Gasteiger partial charge is 0.367 e. The second-order valence-electron chi connectivity index (χ2n) is 7.76. The lowest BCUT2D eigenvalue weighted by atomic mass is 10.1. The number of hydrogen-bond acceptors (Lipinski definition) is 3. The minimum atomic E-state index is -0.246. The van der Waals surface area contributed by atoms with Crippen LogP contribution in [0.4, 0.5) is 10.1 Å². The molecule has 2 atom stereocenters. The average Bonchev–Trinajstić information content (AvgIpc) is 2.74. The first kappa shape index (κ1) is 22.7. The van der Waals surface area contributed by atoms with Gasteiger partial charge in [0.2, 0.25) is 5.91 Å². The Bertz CT molecular complexity index is 883. The van der Waals surface area contributed by atoms with Crippen LogP contribution in [0.5, 0.6) is 0 Å². The molecule has 3 rings (SSSR count). The second kappa shape index (κ2) is 10.9. The highest BCUT2D eigenvalue weighted by molar-refractivity contribution is 5.88. The molecule has 1 aliphatic heterocycles. The molecule has 0 spiro atoms. The molecule has 2 N–H and O–H groups in total. The van der Waals surface area contributed by atoms with Crippen molar-refractivity contribution in [3.8, 4) is 0 Å². The van der Waals surface area contributed by atoms with Crippen LogP contribution in [0.25, 0.3) is 0 Å². The summed E-state index contributed by atoms with van der Waals surface area (Å²) in [7, 11) is 0. The summed E-state index contributed by atoms with van der Waals surface area (Å²) in [5.74, 6) is 0.537. The van der Waals surface area contributed by atoms with Gasteiger partial charge in [-0.15, -0.1) is 0 Å². The van der Waals surface area contributed by atoms with E-state index in [4.69, 9.17) is 9.73 Å². The fraction of sp³-hybridized carbons (Fsp3) is 0.417. The normalized spacial score (nSPS) is 19.2. The van der Waals surface area contributed by atoms with E-state index in [1.807, 2.05) is 31.2 Å². The lowest BCUT2D eigenvalue weighted by molar-refractivity contribution is -0.114. The maximum Gasteiger partial charge on any atom is 0.221 e. The minimum Gasteiger partial charge on any atom is -0.367 e. The van der Waals surface area contributed by atoms with Crippen LogP contribution in [0.3, 0.4) is 0 Å². The number of halogens is 1. The van der Waals surface area contributed by atoms with Crippen LogP contribution >= 0.6 is 0 Å². The summed E-state index contributed by atoms with van der Waals surface area (Å²) in [5.41, 5.74) is 2.92. The summed E-state index contributed by atoms with van der Waals surface area (Å²) >= 11 is 0. The fourth-order valence-electron chi connectivity index (χ4n) is 3.66. The van der Waals surface area contributed by atoms with Gasteiger partial charge in [-0.3, -0.25) is 9.79 Å². The summed E-state index contributed by atoms with van der Waals surface area (Å²) in [6.45, 7) is 8.42. The van der Waals surface area contributed by atoms with Crippen LogP contribution in [0.1, 0.15) is 38.0 Å². The van der Waals surface area contributed by atoms with Crippen molar-refractivity contribution >= 4 is 17.6 Å². The lowest BCUT2D eigenvalue weighted by Gasteiger charge is -2.38. The Labute approximate surface area is 183 Å². The van der Waals surface area contributed by atoms with Gasteiger partial charge >= 0.3 is 0 Å². The first-order valence-corrected chi connectivity index (χ1v) is 10.7. The summed E-state index contributed by atoms with van der Waals surface area (Å²) in [5, 5.41) is 6.16. The molecule has 0 bridgehead atoms. The van der Waals surface area contributed by atoms with E-state index in [0.29, 0.717) is 13.1 Å². The SMILES string of the molecule is CCNC(=NCCc1ccc(NC(C)=O)cc1)N1CC(C)OC(c2ccc(F)cc2)C1. The van der Waals surface area contributed by atoms with Gasteiger partial charge in [0.25, 0.3) is 0 Å². The van der Waals surface area contributed by atoms with Crippen molar-refractivity contribution in [3.63, 3.8) is 0 Å². The smallest absolute Gasteiger partial charge is 0.221 e. The third-order valence-corrected chi connectivity index (χ3v) is 5.07. The molecule has 166 valence electrons. The number of carbonyl (C=O) groups excluding carboxylic acids is 1. The van der Waals surface area contributed by atoms with E-state index >= 15 is 0 Å². The number of guanidine groups is 1. The quantitative estimate of drug-likeness (QED) is 0.545. The Kier molecular flexibility index (Phi) is 8.00. The summed E-state index contributed by atoms with van der Waals surface area (Å²) in [4.78, 5) is 18.2. The maximum atomic E-state index is 13.3. The van der Waals surface area contributed by atoms with Gasteiger partial charge < -0.3 is 20.3 Å². The zero-order chi connectivity index (χ0) is 22.2. The number of nitrogens with one attached hydrogen (secondary N) is 2. The van der Waals surface area contributed by atoms with E-state index < -0.39 is 0 Å². The van der Waals surface area contributed by atoms with E-state index in [0.717, 1.165) is 42.3 Å². The van der Waals surface area contributed by atoms with Gasteiger partial charge in [-0.2, -0.15) is 0 Å². The van der Waals surface area contributed by atoms with Crippen molar-refractivity contribution in [1.29, 1.82) is 0 Å². The number of carbonyl (C=O) groups is 1. The number of rotatable bonds is 6. The van der Waals surface area contributed by atoms with Crippen LogP contribution < -0.4 is 10.6 Å². The molecule has 2 aromatic rings. The predicted molar refractivity (Wildman–Crippen MR) is 122 cm³/mol. The number of ether oxygens (including phenoxy) is 1. The Hall–Kier alpha value is -2.93. The van der Waals surface area contributed by atoms with E-state index in [-0.39, 0.29) is 23.9 Å². The van der Waals surface area contributed by atoms with Gasteiger partial charge in [0.15, 0.2) is 5.96 Å². The highest BCUT2D eigenvalue weighted by Gasteiger charge is 2.28. The molecule has 0 saturated carbocycles.